The van der Waals surface area contributed by atoms with Crippen LogP contribution in [0.5, 0.6) is 0 Å². The topological polar surface area (TPSA) is 120 Å². The van der Waals surface area contributed by atoms with E-state index < -0.39 is 0 Å². The second-order valence-electron chi connectivity index (χ2n) is 9.64. The van der Waals surface area contributed by atoms with Crippen molar-refractivity contribution in [2.24, 2.45) is 5.92 Å². The first-order valence-electron chi connectivity index (χ1n) is 12.6. The van der Waals surface area contributed by atoms with Crippen LogP contribution >= 0.6 is 11.3 Å². The zero-order valence-electron chi connectivity index (χ0n) is 20.1. The first kappa shape index (κ1) is 24.6. The van der Waals surface area contributed by atoms with Gasteiger partial charge in [0.2, 0.25) is 11.0 Å². The molecule has 1 aliphatic carbocycles. The Balaban J connectivity index is 1.07. The molecule has 3 aromatic rings. The fourth-order valence-electron chi connectivity index (χ4n) is 4.97. The van der Waals surface area contributed by atoms with E-state index in [0.29, 0.717) is 35.5 Å². The van der Waals surface area contributed by atoms with Gasteiger partial charge in [-0.25, -0.2) is 0 Å². The van der Waals surface area contributed by atoms with E-state index >= 15 is 0 Å². The number of carbonyl (C=O) groups excluding carboxylic acids is 2. The average Bonchev–Trinajstić information content (AvgIpc) is 3.64. The largest absolute Gasteiger partial charge is 0.378 e. The smallest absolute Gasteiger partial charge is 0.228 e. The molecule has 1 saturated heterocycles. The normalized spacial score (nSPS) is 21.5. The summed E-state index contributed by atoms with van der Waals surface area (Å²) in [7, 11) is 0. The van der Waals surface area contributed by atoms with Gasteiger partial charge in [0.25, 0.3) is 0 Å². The van der Waals surface area contributed by atoms with Crippen molar-refractivity contribution in [3.8, 4) is 0 Å². The molecule has 3 aromatic heterocycles. The number of rotatable bonds is 10. The summed E-state index contributed by atoms with van der Waals surface area (Å²) in [6.07, 6.45) is 8.64. The number of nitrogens with one attached hydrogen (secondary N) is 1. The van der Waals surface area contributed by atoms with Crippen LogP contribution in [0.1, 0.15) is 66.5 Å². The molecular weight excluding hydrogens is 476 g/mol. The fourth-order valence-corrected chi connectivity index (χ4v) is 5.88. The van der Waals surface area contributed by atoms with Gasteiger partial charge in [0.15, 0.2) is 0 Å². The Hall–Kier alpha value is -3.11. The van der Waals surface area contributed by atoms with Gasteiger partial charge in [-0.05, 0) is 68.7 Å². The Kier molecular flexibility index (Phi) is 8.02. The molecule has 4 heterocycles. The highest BCUT2D eigenvalue weighted by Gasteiger charge is 2.29. The number of anilines is 1. The lowest BCUT2D eigenvalue weighted by Gasteiger charge is -2.09. The molecule has 5 rings (SSSR count). The molecule has 2 unspecified atom stereocenters. The highest BCUT2D eigenvalue weighted by molar-refractivity contribution is 7.15. The number of Topliss-reactive ketones (excluding diaryl/α,β-unsaturated/α-hetero) is 1. The second-order valence-corrected chi connectivity index (χ2v) is 10.7. The molecule has 1 N–H and O–H groups in total. The van der Waals surface area contributed by atoms with E-state index in [2.05, 4.69) is 30.7 Å². The lowest BCUT2D eigenvalue weighted by Crippen LogP contribution is -2.19. The number of nitrogens with zero attached hydrogens (tertiary/aromatic N) is 5. The number of aromatic nitrogens is 5. The summed E-state index contributed by atoms with van der Waals surface area (Å²) in [5, 5.41) is 21.6. The standard InChI is InChI=1S/C26H30N6O3S/c33-22(14-19-4-1-2-10-27-19)15-21-9-8-20(29-30-21)13-17-6-7-18(12-17)25-31-32-26(36-25)28-24(34)16-23-5-3-11-35-23/h1-2,4,8-10,17-18,23H,3,5-7,11-16H2,(H,28,32,34)/t17?,18?,23-/m1/s1. The van der Waals surface area contributed by atoms with Crippen LogP contribution < -0.4 is 5.32 Å². The summed E-state index contributed by atoms with van der Waals surface area (Å²) >= 11 is 1.47. The van der Waals surface area contributed by atoms with E-state index in [0.717, 1.165) is 61.5 Å². The molecule has 0 radical (unpaired) electrons. The molecule has 10 heteroatoms. The van der Waals surface area contributed by atoms with E-state index in [4.69, 9.17) is 4.74 Å². The Labute approximate surface area is 214 Å². The van der Waals surface area contributed by atoms with Gasteiger partial charge in [-0.1, -0.05) is 17.4 Å². The predicted octanol–water partition coefficient (Wildman–Crippen LogP) is 3.71. The number of ketones is 1. The molecule has 0 aromatic carbocycles. The number of pyridine rings is 1. The molecule has 36 heavy (non-hydrogen) atoms. The molecule has 9 nitrogen and oxygen atoms in total. The van der Waals surface area contributed by atoms with Gasteiger partial charge in [0.05, 0.1) is 30.3 Å². The summed E-state index contributed by atoms with van der Waals surface area (Å²) in [5.74, 6) is 0.874. The van der Waals surface area contributed by atoms with E-state index in [1.54, 1.807) is 6.20 Å². The van der Waals surface area contributed by atoms with Crippen LogP contribution in [-0.2, 0) is 33.6 Å². The van der Waals surface area contributed by atoms with Crippen molar-refractivity contribution in [3.63, 3.8) is 0 Å². The van der Waals surface area contributed by atoms with Gasteiger partial charge in [0, 0.05) is 30.8 Å². The molecule has 1 saturated carbocycles. The maximum absolute atomic E-state index is 12.3. The summed E-state index contributed by atoms with van der Waals surface area (Å²) < 4.78 is 5.53. The Bertz CT molecular complexity index is 1160. The number of hydrogen-bond donors (Lipinski definition) is 1. The van der Waals surface area contributed by atoms with Crippen LogP contribution in [0.4, 0.5) is 5.13 Å². The lowest BCUT2D eigenvalue weighted by molar-refractivity contribution is -0.119. The van der Waals surface area contributed by atoms with Crippen molar-refractivity contribution in [2.75, 3.05) is 11.9 Å². The van der Waals surface area contributed by atoms with E-state index in [1.807, 2.05) is 30.3 Å². The van der Waals surface area contributed by atoms with Crippen LogP contribution in [0.25, 0.3) is 0 Å². The quantitative estimate of drug-likeness (QED) is 0.442. The average molecular weight is 507 g/mol. The Morgan fingerprint density at radius 1 is 0.972 bits per heavy atom. The highest BCUT2D eigenvalue weighted by atomic mass is 32.1. The van der Waals surface area contributed by atoms with E-state index in [9.17, 15) is 9.59 Å². The third kappa shape index (κ3) is 6.76. The molecule has 1 aliphatic heterocycles. The first-order chi connectivity index (χ1) is 17.6. The molecule has 188 valence electrons. The van der Waals surface area contributed by atoms with Crippen molar-refractivity contribution >= 4 is 28.2 Å². The molecule has 0 bridgehead atoms. The van der Waals surface area contributed by atoms with Crippen molar-refractivity contribution in [1.29, 1.82) is 0 Å². The fraction of sp³-hybridized carbons (Fsp3) is 0.500. The van der Waals surface area contributed by atoms with E-state index in [-0.39, 0.29) is 24.2 Å². The van der Waals surface area contributed by atoms with Gasteiger partial charge in [-0.2, -0.15) is 10.2 Å². The monoisotopic (exact) mass is 506 g/mol. The third-order valence-electron chi connectivity index (χ3n) is 6.77. The zero-order valence-corrected chi connectivity index (χ0v) is 21.0. The summed E-state index contributed by atoms with van der Waals surface area (Å²) in [6.45, 7) is 0.742. The highest BCUT2D eigenvalue weighted by Crippen LogP contribution is 2.41. The van der Waals surface area contributed by atoms with Crippen LogP contribution in [0, 0.1) is 5.92 Å². The Morgan fingerprint density at radius 3 is 2.61 bits per heavy atom. The number of amides is 1. The first-order valence-corrected chi connectivity index (χ1v) is 13.4. The SMILES string of the molecule is O=C(Cc1ccccn1)Cc1ccc(CC2CCC(c3nnc(NC(=O)C[C@H]4CCCO4)s3)C2)nn1. The molecule has 2 aliphatic rings. The van der Waals surface area contributed by atoms with Crippen LogP contribution in [0.2, 0.25) is 0 Å². The summed E-state index contributed by atoms with van der Waals surface area (Å²) in [5.41, 5.74) is 2.40. The van der Waals surface area contributed by atoms with Crippen LogP contribution in [0.3, 0.4) is 0 Å². The second kappa shape index (κ2) is 11.7. The Morgan fingerprint density at radius 2 is 1.83 bits per heavy atom. The molecule has 3 atom stereocenters. The minimum atomic E-state index is -0.0608. The molecular formula is C26H30N6O3S. The number of ether oxygens (including phenoxy) is 1. The maximum Gasteiger partial charge on any atom is 0.228 e. The van der Waals surface area contributed by atoms with Crippen molar-refractivity contribution in [3.05, 3.63) is 58.6 Å². The number of carbonyl (C=O) groups is 2. The van der Waals surface area contributed by atoms with Crippen LogP contribution in [-0.4, -0.2) is 49.8 Å². The number of hydrogen-bond acceptors (Lipinski definition) is 9. The van der Waals surface area contributed by atoms with Gasteiger partial charge in [-0.15, -0.1) is 10.2 Å². The van der Waals surface area contributed by atoms with Crippen molar-refractivity contribution in [2.45, 2.75) is 69.8 Å². The summed E-state index contributed by atoms with van der Waals surface area (Å²) in [6, 6.07) is 9.46. The zero-order chi connectivity index (χ0) is 24.7. The van der Waals surface area contributed by atoms with Gasteiger partial charge >= 0.3 is 0 Å². The maximum atomic E-state index is 12.3. The summed E-state index contributed by atoms with van der Waals surface area (Å²) in [4.78, 5) is 28.7. The van der Waals surface area contributed by atoms with Gasteiger partial charge in [-0.3, -0.25) is 14.6 Å². The lowest BCUT2D eigenvalue weighted by atomic mass is 9.99. The van der Waals surface area contributed by atoms with E-state index in [1.165, 1.54) is 11.3 Å². The molecule has 2 fully saturated rings. The minimum Gasteiger partial charge on any atom is -0.378 e. The van der Waals surface area contributed by atoms with Gasteiger partial charge < -0.3 is 10.1 Å². The predicted molar refractivity (Wildman–Crippen MR) is 135 cm³/mol. The van der Waals surface area contributed by atoms with Crippen molar-refractivity contribution in [1.82, 2.24) is 25.4 Å². The van der Waals surface area contributed by atoms with Crippen molar-refractivity contribution < 1.29 is 14.3 Å². The molecule has 0 spiro atoms. The molecule has 1 amide bonds. The van der Waals surface area contributed by atoms with Gasteiger partial charge in [0.1, 0.15) is 10.8 Å². The third-order valence-corrected chi connectivity index (χ3v) is 7.77. The van der Waals surface area contributed by atoms with Crippen LogP contribution in [0.15, 0.2) is 36.5 Å². The minimum absolute atomic E-state index is 0.0252.